The average molecular weight is 374 g/mol. The third-order valence-electron chi connectivity index (χ3n) is 5.36. The van der Waals surface area contributed by atoms with Gasteiger partial charge in [-0.3, -0.25) is 4.79 Å². The lowest BCUT2D eigenvalue weighted by Gasteiger charge is -2.32. The number of carbonyl (C=O) groups excluding carboxylic acids is 2. The summed E-state index contributed by atoms with van der Waals surface area (Å²) in [5, 5.41) is 5.86. The van der Waals surface area contributed by atoms with Crippen molar-refractivity contribution in [1.82, 2.24) is 20.5 Å². The second kappa shape index (κ2) is 9.58. The average Bonchev–Trinajstić information content (AvgIpc) is 2.73. The van der Waals surface area contributed by atoms with E-state index in [1.165, 1.54) is 19.3 Å². The van der Waals surface area contributed by atoms with Gasteiger partial charge in [0, 0.05) is 45.5 Å². The van der Waals surface area contributed by atoms with Crippen LogP contribution in [-0.4, -0.2) is 54.5 Å². The van der Waals surface area contributed by atoms with Crippen molar-refractivity contribution < 1.29 is 9.59 Å². The molecule has 0 unspecified atom stereocenters. The quantitative estimate of drug-likeness (QED) is 0.829. The van der Waals surface area contributed by atoms with E-state index in [-0.39, 0.29) is 17.9 Å². The molecule has 3 amide bonds. The number of likely N-dealkylation sites (tertiary alicyclic amines) is 1. The summed E-state index contributed by atoms with van der Waals surface area (Å²) < 4.78 is 0. The van der Waals surface area contributed by atoms with Crippen LogP contribution in [0.15, 0.2) is 18.3 Å². The van der Waals surface area contributed by atoms with Crippen LogP contribution >= 0.6 is 0 Å². The first-order chi connectivity index (χ1) is 13.2. The van der Waals surface area contributed by atoms with Crippen LogP contribution in [0.5, 0.6) is 0 Å². The smallest absolute Gasteiger partial charge is 0.317 e. The fraction of sp³-hybridized carbons (Fsp3) is 0.650. The number of nitrogens with zero attached hydrogens (tertiary/aromatic N) is 3. The zero-order chi connectivity index (χ0) is 19.1. The molecule has 2 aliphatic rings. The molecule has 1 atom stereocenters. The molecule has 7 nitrogen and oxygen atoms in total. The maximum absolute atomic E-state index is 12.5. The van der Waals surface area contributed by atoms with Crippen LogP contribution < -0.4 is 15.5 Å². The van der Waals surface area contributed by atoms with Crippen LogP contribution in [0.2, 0.25) is 0 Å². The predicted octanol–water partition coefficient (Wildman–Crippen LogP) is 2.13. The molecule has 3 rings (SSSR count). The highest BCUT2D eigenvalue weighted by atomic mass is 16.2. The molecule has 1 aromatic heterocycles. The first kappa shape index (κ1) is 19.5. The van der Waals surface area contributed by atoms with Crippen LogP contribution in [0.25, 0.3) is 0 Å². The zero-order valence-corrected chi connectivity index (χ0v) is 16.2. The Kier molecular flexibility index (Phi) is 6.90. The highest BCUT2D eigenvalue weighted by molar-refractivity contribution is 5.80. The van der Waals surface area contributed by atoms with E-state index in [4.69, 9.17) is 0 Å². The van der Waals surface area contributed by atoms with Crippen LogP contribution in [0.4, 0.5) is 10.6 Å². The van der Waals surface area contributed by atoms with E-state index in [0.717, 1.165) is 37.3 Å². The van der Waals surface area contributed by atoms with Crippen molar-refractivity contribution in [2.75, 3.05) is 37.6 Å². The van der Waals surface area contributed by atoms with E-state index in [1.54, 1.807) is 4.90 Å². The Morgan fingerprint density at radius 1 is 1.15 bits per heavy atom. The van der Waals surface area contributed by atoms with E-state index >= 15 is 0 Å². The lowest BCUT2D eigenvalue weighted by atomic mass is 9.97. The number of urea groups is 1. The molecule has 0 radical (unpaired) electrons. The summed E-state index contributed by atoms with van der Waals surface area (Å²) >= 11 is 0. The third-order valence-corrected chi connectivity index (χ3v) is 5.36. The summed E-state index contributed by atoms with van der Waals surface area (Å²) in [5.41, 5.74) is 1.05. The Balaban J connectivity index is 1.52. The minimum Gasteiger partial charge on any atom is -0.357 e. The molecule has 2 fully saturated rings. The van der Waals surface area contributed by atoms with Gasteiger partial charge in [-0.1, -0.05) is 0 Å². The number of amides is 3. The van der Waals surface area contributed by atoms with Crippen molar-refractivity contribution in [3.63, 3.8) is 0 Å². The normalized spacial score (nSPS) is 20.3. The molecule has 0 aromatic carbocycles. The number of hydrogen-bond acceptors (Lipinski definition) is 4. The molecule has 3 heterocycles. The Hall–Kier alpha value is -2.31. The summed E-state index contributed by atoms with van der Waals surface area (Å²) in [4.78, 5) is 33.2. The van der Waals surface area contributed by atoms with Gasteiger partial charge in [-0.05, 0) is 56.7 Å². The number of hydrogen-bond donors (Lipinski definition) is 2. The maximum Gasteiger partial charge on any atom is 0.317 e. The van der Waals surface area contributed by atoms with Crippen molar-refractivity contribution in [2.24, 2.45) is 5.92 Å². The van der Waals surface area contributed by atoms with E-state index in [9.17, 15) is 9.59 Å². The molecule has 27 heavy (non-hydrogen) atoms. The molecule has 148 valence electrons. The lowest BCUT2D eigenvalue weighted by molar-refractivity contribution is -0.126. The summed E-state index contributed by atoms with van der Waals surface area (Å²) in [6, 6.07) is 3.92. The standard InChI is InChI=1S/C20H31N5O2/c1-2-21-19(26)17-7-6-12-25(15-17)20(27)23-14-16-8-9-22-18(13-16)24-10-4-3-5-11-24/h8-9,13,17H,2-7,10-12,14-15H2,1H3,(H,21,26)(H,23,27)/t17-/m1/s1. The van der Waals surface area contributed by atoms with Gasteiger partial charge in [0.15, 0.2) is 0 Å². The monoisotopic (exact) mass is 373 g/mol. The summed E-state index contributed by atoms with van der Waals surface area (Å²) in [5.74, 6) is 0.946. The van der Waals surface area contributed by atoms with Gasteiger partial charge in [0.2, 0.25) is 5.91 Å². The number of carbonyl (C=O) groups is 2. The second-order valence-corrected chi connectivity index (χ2v) is 7.41. The van der Waals surface area contributed by atoms with E-state index in [2.05, 4.69) is 26.6 Å². The van der Waals surface area contributed by atoms with Gasteiger partial charge >= 0.3 is 6.03 Å². The number of pyridine rings is 1. The second-order valence-electron chi connectivity index (χ2n) is 7.41. The summed E-state index contributed by atoms with van der Waals surface area (Å²) in [6.45, 7) is 6.32. The minimum atomic E-state index is -0.101. The highest BCUT2D eigenvalue weighted by Crippen LogP contribution is 2.19. The van der Waals surface area contributed by atoms with Gasteiger partial charge < -0.3 is 20.4 Å². The first-order valence-electron chi connectivity index (χ1n) is 10.2. The number of rotatable bonds is 5. The van der Waals surface area contributed by atoms with Gasteiger partial charge in [0.25, 0.3) is 0 Å². The molecule has 0 saturated carbocycles. The van der Waals surface area contributed by atoms with E-state index < -0.39 is 0 Å². The molecular weight excluding hydrogens is 342 g/mol. The van der Waals surface area contributed by atoms with Crippen LogP contribution in [0, 0.1) is 5.92 Å². The van der Waals surface area contributed by atoms with Crippen molar-refractivity contribution in [1.29, 1.82) is 0 Å². The largest absolute Gasteiger partial charge is 0.357 e. The van der Waals surface area contributed by atoms with Gasteiger partial charge in [-0.25, -0.2) is 9.78 Å². The molecular formula is C20H31N5O2. The van der Waals surface area contributed by atoms with Gasteiger partial charge in [-0.2, -0.15) is 0 Å². The summed E-state index contributed by atoms with van der Waals surface area (Å²) in [7, 11) is 0. The third kappa shape index (κ3) is 5.34. The maximum atomic E-state index is 12.5. The molecule has 7 heteroatoms. The zero-order valence-electron chi connectivity index (χ0n) is 16.2. The van der Waals surface area contributed by atoms with Crippen molar-refractivity contribution in [2.45, 2.75) is 45.6 Å². The Morgan fingerprint density at radius 3 is 2.74 bits per heavy atom. The van der Waals surface area contributed by atoms with E-state index in [1.807, 2.05) is 19.2 Å². The molecule has 0 aliphatic carbocycles. The molecule has 0 spiro atoms. The number of anilines is 1. The number of piperidine rings is 2. The molecule has 1 aromatic rings. The van der Waals surface area contributed by atoms with Crippen molar-refractivity contribution in [3.8, 4) is 0 Å². The van der Waals surface area contributed by atoms with Crippen molar-refractivity contribution in [3.05, 3.63) is 23.9 Å². The van der Waals surface area contributed by atoms with Crippen LogP contribution in [-0.2, 0) is 11.3 Å². The molecule has 0 bridgehead atoms. The molecule has 2 N–H and O–H groups in total. The van der Waals surface area contributed by atoms with Crippen molar-refractivity contribution >= 4 is 17.8 Å². The van der Waals surface area contributed by atoms with Crippen LogP contribution in [0.1, 0.15) is 44.6 Å². The van der Waals surface area contributed by atoms with Gasteiger partial charge in [0.05, 0.1) is 5.92 Å². The highest BCUT2D eigenvalue weighted by Gasteiger charge is 2.28. The van der Waals surface area contributed by atoms with Gasteiger partial charge in [0.1, 0.15) is 5.82 Å². The first-order valence-corrected chi connectivity index (χ1v) is 10.2. The van der Waals surface area contributed by atoms with E-state index in [0.29, 0.717) is 26.2 Å². The Bertz CT molecular complexity index is 645. The van der Waals surface area contributed by atoms with Crippen LogP contribution in [0.3, 0.4) is 0 Å². The Labute approximate surface area is 161 Å². The topological polar surface area (TPSA) is 77.6 Å². The Morgan fingerprint density at radius 2 is 1.96 bits per heavy atom. The fourth-order valence-electron chi connectivity index (χ4n) is 3.85. The predicted molar refractivity (Wildman–Crippen MR) is 106 cm³/mol. The molecule has 2 saturated heterocycles. The lowest BCUT2D eigenvalue weighted by Crippen LogP contribution is -2.48. The minimum absolute atomic E-state index is 0.0512. The SMILES string of the molecule is CCNC(=O)[C@@H]1CCCN(C(=O)NCc2ccnc(N3CCCCC3)c2)C1. The fourth-order valence-corrected chi connectivity index (χ4v) is 3.85. The van der Waals surface area contributed by atoms with Gasteiger partial charge in [-0.15, -0.1) is 0 Å². The molecule has 2 aliphatic heterocycles. The number of aromatic nitrogens is 1. The summed E-state index contributed by atoms with van der Waals surface area (Å²) in [6.07, 6.45) is 7.24. The number of nitrogens with one attached hydrogen (secondary N) is 2.